The van der Waals surface area contributed by atoms with E-state index in [1.165, 1.54) is 18.5 Å². The van der Waals surface area contributed by atoms with Gasteiger partial charge in [-0.15, -0.1) is 0 Å². The number of alkyl halides is 4. The lowest BCUT2D eigenvalue weighted by Gasteiger charge is -2.15. The molecule has 0 radical (unpaired) electrons. The van der Waals surface area contributed by atoms with Crippen molar-refractivity contribution >= 4 is 5.78 Å². The first-order chi connectivity index (χ1) is 9.72. The van der Waals surface area contributed by atoms with Crippen LogP contribution in [0.3, 0.4) is 0 Å². The summed E-state index contributed by atoms with van der Waals surface area (Å²) in [6.07, 6.45) is -1.36. The zero-order valence-corrected chi connectivity index (χ0v) is 11.5. The average Bonchev–Trinajstić information content (AvgIpc) is 2.37. The molecule has 1 rings (SSSR count). The van der Waals surface area contributed by atoms with E-state index in [1.54, 1.807) is 13.8 Å². The summed E-state index contributed by atoms with van der Waals surface area (Å²) >= 11 is 0. The van der Waals surface area contributed by atoms with Crippen LogP contribution in [0.15, 0.2) is 18.5 Å². The highest BCUT2D eigenvalue weighted by Crippen LogP contribution is 2.23. The van der Waals surface area contributed by atoms with Gasteiger partial charge in [-0.25, -0.2) is 8.78 Å². The third-order valence-corrected chi connectivity index (χ3v) is 2.25. The smallest absolute Gasteiger partial charge is 0.330 e. The maximum atomic E-state index is 12.6. The Hall–Kier alpha value is -1.70. The topological polar surface area (TPSA) is 48.4 Å². The minimum absolute atomic E-state index is 0.0912. The van der Waals surface area contributed by atoms with E-state index in [2.05, 4.69) is 9.72 Å². The third-order valence-electron chi connectivity index (χ3n) is 2.25. The number of hydrogen-bond acceptors (Lipinski definition) is 4. The van der Waals surface area contributed by atoms with E-state index >= 15 is 0 Å². The maximum Gasteiger partial charge on any atom is 0.330 e. The third kappa shape index (κ3) is 5.66. The van der Waals surface area contributed by atoms with Crippen LogP contribution in [0.1, 0.15) is 24.2 Å². The molecule has 0 bridgehead atoms. The standard InChI is InChI=1S/C13H15F4NO3/c1-8(2)21-10-3-9(4-18-5-10)11(19)6-20-7-13(16,17)12(14)15/h3-5,8,12H,6-7H2,1-2H3. The molecule has 4 nitrogen and oxygen atoms in total. The van der Waals surface area contributed by atoms with Crippen molar-refractivity contribution in [3.63, 3.8) is 0 Å². The summed E-state index contributed by atoms with van der Waals surface area (Å²) in [6.45, 7) is 1.30. The Morgan fingerprint density at radius 1 is 1.33 bits per heavy atom. The van der Waals surface area contributed by atoms with E-state index in [1.807, 2.05) is 0 Å². The van der Waals surface area contributed by atoms with Gasteiger partial charge in [0.25, 0.3) is 0 Å². The van der Waals surface area contributed by atoms with Crippen LogP contribution in [0.2, 0.25) is 0 Å². The molecule has 0 saturated carbocycles. The van der Waals surface area contributed by atoms with Crippen LogP contribution in [0.25, 0.3) is 0 Å². The Morgan fingerprint density at radius 3 is 2.57 bits per heavy atom. The monoisotopic (exact) mass is 309 g/mol. The second kappa shape index (κ2) is 7.35. The second-order valence-electron chi connectivity index (χ2n) is 4.55. The van der Waals surface area contributed by atoms with Gasteiger partial charge in [0.2, 0.25) is 0 Å². The van der Waals surface area contributed by atoms with E-state index in [4.69, 9.17) is 4.74 Å². The molecule has 1 heterocycles. The number of Topliss-reactive ketones (excluding diaryl/α,β-unsaturated/α-hetero) is 1. The summed E-state index contributed by atoms with van der Waals surface area (Å²) in [5.41, 5.74) is 0.0912. The first-order valence-corrected chi connectivity index (χ1v) is 6.11. The second-order valence-corrected chi connectivity index (χ2v) is 4.55. The van der Waals surface area contributed by atoms with Crippen molar-refractivity contribution in [3.8, 4) is 5.75 Å². The molecule has 0 aliphatic rings. The van der Waals surface area contributed by atoms with Gasteiger partial charge in [0.1, 0.15) is 19.0 Å². The Bertz CT molecular complexity index is 480. The number of rotatable bonds is 8. The summed E-state index contributed by atoms with van der Waals surface area (Å²) in [6, 6.07) is 1.38. The first-order valence-electron chi connectivity index (χ1n) is 6.11. The molecule has 0 aliphatic carbocycles. The van der Waals surface area contributed by atoms with Crippen molar-refractivity contribution in [2.75, 3.05) is 13.2 Å². The van der Waals surface area contributed by atoms with Crippen molar-refractivity contribution in [1.29, 1.82) is 0 Å². The van der Waals surface area contributed by atoms with Gasteiger partial charge in [0, 0.05) is 11.8 Å². The molecule has 21 heavy (non-hydrogen) atoms. The Labute approximate surface area is 119 Å². The number of aromatic nitrogens is 1. The SMILES string of the molecule is CC(C)Oc1cncc(C(=O)COCC(F)(F)C(F)F)c1. The van der Waals surface area contributed by atoms with Crippen LogP contribution in [0.5, 0.6) is 5.75 Å². The highest BCUT2D eigenvalue weighted by Gasteiger charge is 2.41. The van der Waals surface area contributed by atoms with Crippen LogP contribution in [-0.2, 0) is 4.74 Å². The van der Waals surface area contributed by atoms with Crippen LogP contribution < -0.4 is 4.74 Å². The highest BCUT2D eigenvalue weighted by atomic mass is 19.3. The molecule has 0 unspecified atom stereocenters. The zero-order valence-electron chi connectivity index (χ0n) is 11.5. The molecule has 0 amide bonds. The maximum absolute atomic E-state index is 12.6. The normalized spacial score (nSPS) is 12.0. The number of pyridine rings is 1. The van der Waals surface area contributed by atoms with E-state index in [0.717, 1.165) is 0 Å². The Morgan fingerprint density at radius 2 is 2.00 bits per heavy atom. The zero-order chi connectivity index (χ0) is 16.0. The minimum atomic E-state index is -4.28. The van der Waals surface area contributed by atoms with E-state index < -0.39 is 31.3 Å². The van der Waals surface area contributed by atoms with Crippen molar-refractivity contribution in [2.45, 2.75) is 32.3 Å². The van der Waals surface area contributed by atoms with Crippen LogP contribution >= 0.6 is 0 Å². The molecular weight excluding hydrogens is 294 g/mol. The summed E-state index contributed by atoms with van der Waals surface area (Å²) in [4.78, 5) is 15.5. The van der Waals surface area contributed by atoms with Crippen molar-refractivity contribution < 1.29 is 31.8 Å². The van der Waals surface area contributed by atoms with Crippen molar-refractivity contribution in [1.82, 2.24) is 4.98 Å². The van der Waals surface area contributed by atoms with Crippen molar-refractivity contribution in [2.24, 2.45) is 0 Å². The largest absolute Gasteiger partial charge is 0.489 e. The number of nitrogens with zero attached hydrogens (tertiary/aromatic N) is 1. The molecular formula is C13H15F4NO3. The van der Waals surface area contributed by atoms with Gasteiger partial charge in [-0.1, -0.05) is 0 Å². The first kappa shape index (κ1) is 17.4. The predicted octanol–water partition coefficient (Wildman–Crippen LogP) is 2.97. The molecule has 0 aliphatic heterocycles. The quantitative estimate of drug-likeness (QED) is 0.547. The lowest BCUT2D eigenvalue weighted by atomic mass is 10.2. The molecule has 1 aromatic rings. The molecule has 0 N–H and O–H groups in total. The lowest BCUT2D eigenvalue weighted by Crippen LogP contribution is -2.33. The number of halogens is 4. The lowest BCUT2D eigenvalue weighted by molar-refractivity contribution is -0.163. The van der Waals surface area contributed by atoms with Gasteiger partial charge >= 0.3 is 12.3 Å². The van der Waals surface area contributed by atoms with Gasteiger partial charge in [-0.2, -0.15) is 8.78 Å². The van der Waals surface area contributed by atoms with E-state index in [9.17, 15) is 22.4 Å². The summed E-state index contributed by atoms with van der Waals surface area (Å²) in [7, 11) is 0. The van der Waals surface area contributed by atoms with Crippen molar-refractivity contribution in [3.05, 3.63) is 24.0 Å². The number of ketones is 1. The molecule has 0 atom stereocenters. The van der Waals surface area contributed by atoms with Gasteiger partial charge in [0.15, 0.2) is 5.78 Å². The fourth-order valence-corrected chi connectivity index (χ4v) is 1.33. The highest BCUT2D eigenvalue weighted by molar-refractivity contribution is 5.97. The summed E-state index contributed by atoms with van der Waals surface area (Å²) in [5.74, 6) is -4.59. The Balaban J connectivity index is 2.56. The van der Waals surface area contributed by atoms with Crippen LogP contribution in [0, 0.1) is 0 Å². The number of carbonyl (C=O) groups is 1. The number of carbonyl (C=O) groups excluding carboxylic acids is 1. The molecule has 0 aromatic carbocycles. The minimum Gasteiger partial charge on any atom is -0.489 e. The predicted molar refractivity (Wildman–Crippen MR) is 66.1 cm³/mol. The molecule has 118 valence electrons. The van der Waals surface area contributed by atoms with E-state index in [0.29, 0.717) is 5.75 Å². The number of hydrogen-bond donors (Lipinski definition) is 0. The number of ether oxygens (including phenoxy) is 2. The molecule has 0 fully saturated rings. The molecule has 0 saturated heterocycles. The Kier molecular flexibility index (Phi) is 6.07. The van der Waals surface area contributed by atoms with Crippen LogP contribution in [-0.4, -0.2) is 42.4 Å². The molecule has 1 aromatic heterocycles. The average molecular weight is 309 g/mol. The van der Waals surface area contributed by atoms with Gasteiger partial charge in [-0.05, 0) is 19.9 Å². The van der Waals surface area contributed by atoms with Gasteiger partial charge < -0.3 is 9.47 Å². The summed E-state index contributed by atoms with van der Waals surface area (Å²) < 4.78 is 58.6. The molecule has 8 heteroatoms. The van der Waals surface area contributed by atoms with E-state index in [-0.39, 0.29) is 11.7 Å². The van der Waals surface area contributed by atoms with Gasteiger partial charge in [0.05, 0.1) is 12.3 Å². The van der Waals surface area contributed by atoms with Gasteiger partial charge in [-0.3, -0.25) is 9.78 Å². The molecule has 0 spiro atoms. The fourth-order valence-electron chi connectivity index (χ4n) is 1.33. The van der Waals surface area contributed by atoms with Crippen LogP contribution in [0.4, 0.5) is 17.6 Å². The summed E-state index contributed by atoms with van der Waals surface area (Å²) in [5, 5.41) is 0. The fraction of sp³-hybridized carbons (Fsp3) is 0.538.